The van der Waals surface area contributed by atoms with E-state index >= 15 is 0 Å². The minimum atomic E-state index is 1.12. The summed E-state index contributed by atoms with van der Waals surface area (Å²) in [5, 5.41) is 7.45. The van der Waals surface area contributed by atoms with Crippen LogP contribution in [-0.2, 0) is 0 Å². The number of hydrogen-bond donors (Lipinski definition) is 0. The Balaban J connectivity index is 1.12. The molecule has 0 saturated heterocycles. The van der Waals surface area contributed by atoms with Crippen LogP contribution in [0.4, 0.5) is 17.1 Å². The molecule has 0 fully saturated rings. The van der Waals surface area contributed by atoms with Crippen molar-refractivity contribution in [2.75, 3.05) is 4.90 Å². The Morgan fingerprint density at radius 2 is 0.904 bits per heavy atom. The summed E-state index contributed by atoms with van der Waals surface area (Å²) in [5.41, 5.74) is 11.8. The van der Waals surface area contributed by atoms with E-state index in [1.165, 1.54) is 65.6 Å². The molecule has 1 aromatic heterocycles. The normalized spacial score (nSPS) is 11.5. The molecule has 0 aliphatic heterocycles. The van der Waals surface area contributed by atoms with E-state index in [9.17, 15) is 0 Å². The van der Waals surface area contributed by atoms with Crippen LogP contribution < -0.4 is 4.90 Å². The Morgan fingerprint density at radius 3 is 1.69 bits per heavy atom. The Morgan fingerprint density at radius 1 is 0.346 bits per heavy atom. The van der Waals surface area contributed by atoms with Gasteiger partial charge >= 0.3 is 0 Å². The quantitative estimate of drug-likeness (QED) is 0.172. The first kappa shape index (κ1) is 30.0. The zero-order valence-electron chi connectivity index (χ0n) is 28.5. The first-order valence-electron chi connectivity index (χ1n) is 17.9. The minimum absolute atomic E-state index is 1.12. The maximum absolute atomic E-state index is 2.40. The van der Waals surface area contributed by atoms with Crippen molar-refractivity contribution in [3.63, 3.8) is 0 Å². The largest absolute Gasteiger partial charge is 0.310 e. The van der Waals surface area contributed by atoms with Crippen LogP contribution in [0, 0.1) is 0 Å². The molecule has 0 saturated carbocycles. The zero-order chi connectivity index (χ0) is 34.4. The van der Waals surface area contributed by atoms with E-state index in [0.717, 1.165) is 22.7 Å². The van der Waals surface area contributed by atoms with Gasteiger partial charge in [-0.2, -0.15) is 0 Å². The molecule has 0 aliphatic rings. The van der Waals surface area contributed by atoms with Gasteiger partial charge in [0.25, 0.3) is 0 Å². The Hall–Kier alpha value is -6.90. The van der Waals surface area contributed by atoms with Gasteiger partial charge in [0.1, 0.15) is 0 Å². The molecule has 0 N–H and O–H groups in total. The standard InChI is InChI=1S/C50H34N2/c1-3-18-39(19-4-1)51(47-27-13-15-35-14-7-8-22-42(35)47)41-31-28-36(29-32-41)43-24-11-16-37-17-12-25-44(50(37)43)38-30-33-46-45-23-9-10-26-48(45)52(49(46)34-38)40-20-5-2-6-21-40/h1-34H. The number of aromatic nitrogens is 1. The van der Waals surface area contributed by atoms with Crippen molar-refractivity contribution in [2.45, 2.75) is 0 Å². The smallest absolute Gasteiger partial charge is 0.0547 e. The number of anilines is 3. The van der Waals surface area contributed by atoms with Gasteiger partial charge in [0.05, 0.1) is 16.7 Å². The lowest BCUT2D eigenvalue weighted by Gasteiger charge is -2.27. The number of rotatable bonds is 6. The number of nitrogens with zero attached hydrogens (tertiary/aromatic N) is 2. The lowest BCUT2D eigenvalue weighted by atomic mass is 9.91. The molecule has 0 unspecified atom stereocenters. The molecule has 0 atom stereocenters. The molecule has 1 heterocycles. The summed E-state index contributed by atoms with van der Waals surface area (Å²) >= 11 is 0. The van der Waals surface area contributed by atoms with Gasteiger partial charge in [-0.1, -0.05) is 152 Å². The van der Waals surface area contributed by atoms with Gasteiger partial charge in [-0.05, 0) is 93.0 Å². The van der Waals surface area contributed by atoms with E-state index in [4.69, 9.17) is 0 Å². The summed E-state index contributed by atoms with van der Waals surface area (Å²) in [6.45, 7) is 0. The molecule has 2 nitrogen and oxygen atoms in total. The third kappa shape index (κ3) is 4.96. The third-order valence-corrected chi connectivity index (χ3v) is 10.4. The van der Waals surface area contributed by atoms with Crippen molar-refractivity contribution in [3.8, 4) is 27.9 Å². The zero-order valence-corrected chi connectivity index (χ0v) is 28.5. The minimum Gasteiger partial charge on any atom is -0.310 e. The monoisotopic (exact) mass is 662 g/mol. The molecule has 0 radical (unpaired) electrons. The predicted molar refractivity (Wildman–Crippen MR) is 221 cm³/mol. The van der Waals surface area contributed by atoms with Crippen molar-refractivity contribution in [2.24, 2.45) is 0 Å². The van der Waals surface area contributed by atoms with Crippen LogP contribution >= 0.6 is 0 Å². The van der Waals surface area contributed by atoms with Crippen molar-refractivity contribution < 1.29 is 0 Å². The highest BCUT2D eigenvalue weighted by molar-refractivity contribution is 6.12. The van der Waals surface area contributed by atoms with E-state index in [2.05, 4.69) is 216 Å². The topological polar surface area (TPSA) is 8.17 Å². The molecule has 52 heavy (non-hydrogen) atoms. The Labute approximate surface area is 303 Å². The van der Waals surface area contributed by atoms with E-state index in [1.54, 1.807) is 0 Å². The van der Waals surface area contributed by atoms with E-state index in [1.807, 2.05) is 0 Å². The lowest BCUT2D eigenvalue weighted by Crippen LogP contribution is -2.10. The highest BCUT2D eigenvalue weighted by Gasteiger charge is 2.18. The van der Waals surface area contributed by atoms with Gasteiger partial charge in [0.15, 0.2) is 0 Å². The van der Waals surface area contributed by atoms with E-state index in [-0.39, 0.29) is 0 Å². The van der Waals surface area contributed by atoms with Gasteiger partial charge in [0.2, 0.25) is 0 Å². The Bertz CT molecular complexity index is 2880. The lowest BCUT2D eigenvalue weighted by molar-refractivity contribution is 1.18. The van der Waals surface area contributed by atoms with Gasteiger partial charge in [-0.15, -0.1) is 0 Å². The second-order valence-corrected chi connectivity index (χ2v) is 13.3. The number of hydrogen-bond acceptors (Lipinski definition) is 1. The molecular weight excluding hydrogens is 629 g/mol. The molecule has 0 spiro atoms. The second-order valence-electron chi connectivity index (χ2n) is 13.3. The summed E-state index contributed by atoms with van der Waals surface area (Å²) in [5.74, 6) is 0. The fourth-order valence-corrected chi connectivity index (χ4v) is 8.01. The number of fused-ring (bicyclic) bond motifs is 5. The SMILES string of the molecule is c1ccc(N(c2ccc(-c3cccc4cccc(-c5ccc6c7ccccc7n(-c7ccccc7)c6c5)c34)cc2)c2cccc3ccccc23)cc1. The molecule has 10 rings (SSSR count). The number of benzene rings is 9. The van der Waals surface area contributed by atoms with Crippen LogP contribution in [0.25, 0.3) is 71.3 Å². The first-order valence-corrected chi connectivity index (χ1v) is 17.9. The Kier molecular flexibility index (Phi) is 7.18. The van der Waals surface area contributed by atoms with Crippen LogP contribution in [0.15, 0.2) is 206 Å². The van der Waals surface area contributed by atoms with Crippen LogP contribution in [0.2, 0.25) is 0 Å². The molecular formula is C50H34N2. The average Bonchev–Trinajstić information content (AvgIpc) is 3.55. The highest BCUT2D eigenvalue weighted by Crippen LogP contribution is 2.42. The van der Waals surface area contributed by atoms with Gasteiger partial charge in [-0.25, -0.2) is 0 Å². The molecule has 244 valence electrons. The highest BCUT2D eigenvalue weighted by atomic mass is 15.1. The average molecular weight is 663 g/mol. The van der Waals surface area contributed by atoms with Crippen LogP contribution in [0.1, 0.15) is 0 Å². The first-order chi connectivity index (χ1) is 25.8. The van der Waals surface area contributed by atoms with Crippen molar-refractivity contribution in [1.29, 1.82) is 0 Å². The van der Waals surface area contributed by atoms with Crippen LogP contribution in [-0.4, -0.2) is 4.57 Å². The van der Waals surface area contributed by atoms with Gasteiger partial charge in [0, 0.05) is 33.2 Å². The third-order valence-electron chi connectivity index (χ3n) is 10.4. The molecule has 0 amide bonds. The van der Waals surface area contributed by atoms with Crippen molar-refractivity contribution in [3.05, 3.63) is 206 Å². The maximum atomic E-state index is 2.40. The molecule has 0 aliphatic carbocycles. The molecule has 2 heteroatoms. The van der Waals surface area contributed by atoms with Crippen LogP contribution in [0.5, 0.6) is 0 Å². The van der Waals surface area contributed by atoms with Crippen molar-refractivity contribution in [1.82, 2.24) is 4.57 Å². The van der Waals surface area contributed by atoms with Crippen molar-refractivity contribution >= 4 is 60.4 Å². The van der Waals surface area contributed by atoms with Gasteiger partial charge in [-0.3, -0.25) is 0 Å². The summed E-state index contributed by atoms with van der Waals surface area (Å²) in [7, 11) is 0. The van der Waals surface area contributed by atoms with E-state index in [0.29, 0.717) is 0 Å². The van der Waals surface area contributed by atoms with E-state index < -0.39 is 0 Å². The second kappa shape index (κ2) is 12.5. The molecule has 9 aromatic carbocycles. The summed E-state index contributed by atoms with van der Waals surface area (Å²) < 4.78 is 2.40. The van der Waals surface area contributed by atoms with Crippen LogP contribution in [0.3, 0.4) is 0 Å². The maximum Gasteiger partial charge on any atom is 0.0547 e. The predicted octanol–water partition coefficient (Wildman–Crippen LogP) is 13.9. The summed E-state index contributed by atoms with van der Waals surface area (Å²) in [6.07, 6.45) is 0. The van der Waals surface area contributed by atoms with Gasteiger partial charge < -0.3 is 9.47 Å². The fourth-order valence-electron chi connectivity index (χ4n) is 8.01. The summed E-state index contributed by atoms with van der Waals surface area (Å²) in [6, 6.07) is 74.6. The fraction of sp³-hybridized carbons (Fsp3) is 0. The summed E-state index contributed by atoms with van der Waals surface area (Å²) in [4.78, 5) is 2.36. The number of para-hydroxylation sites is 3. The molecule has 10 aromatic rings. The molecule has 0 bridgehead atoms.